The van der Waals surface area contributed by atoms with Crippen molar-refractivity contribution >= 4 is 22.9 Å². The van der Waals surface area contributed by atoms with Gasteiger partial charge in [0, 0.05) is 23.9 Å². The number of hydrogen-bond acceptors (Lipinski definition) is 3. The fourth-order valence-corrected chi connectivity index (χ4v) is 3.17. The van der Waals surface area contributed by atoms with Crippen molar-refractivity contribution in [3.63, 3.8) is 0 Å². The summed E-state index contributed by atoms with van der Waals surface area (Å²) in [6.45, 7) is 5.06. The number of rotatable bonds is 4. The highest BCUT2D eigenvalue weighted by molar-refractivity contribution is 7.16. The summed E-state index contributed by atoms with van der Waals surface area (Å²) in [4.78, 5) is 1.26. The van der Waals surface area contributed by atoms with E-state index in [2.05, 4.69) is 18.3 Å². The molecule has 84 valence electrons. The van der Waals surface area contributed by atoms with Gasteiger partial charge in [-0.25, -0.2) is 0 Å². The van der Waals surface area contributed by atoms with E-state index in [0.29, 0.717) is 5.92 Å². The van der Waals surface area contributed by atoms with Crippen LogP contribution >= 0.6 is 22.9 Å². The van der Waals surface area contributed by atoms with Crippen LogP contribution in [-0.4, -0.2) is 19.7 Å². The molecule has 2 unspecified atom stereocenters. The lowest BCUT2D eigenvalue weighted by Crippen LogP contribution is -2.24. The van der Waals surface area contributed by atoms with Gasteiger partial charge in [0.15, 0.2) is 0 Å². The van der Waals surface area contributed by atoms with Gasteiger partial charge in [-0.2, -0.15) is 0 Å². The van der Waals surface area contributed by atoms with Crippen molar-refractivity contribution < 1.29 is 4.74 Å². The molecule has 2 nitrogen and oxygen atoms in total. The van der Waals surface area contributed by atoms with Gasteiger partial charge >= 0.3 is 0 Å². The monoisotopic (exact) mass is 245 g/mol. The minimum atomic E-state index is 0.251. The van der Waals surface area contributed by atoms with Crippen LogP contribution < -0.4 is 5.32 Å². The minimum Gasteiger partial charge on any atom is -0.372 e. The molecule has 0 radical (unpaired) electrons. The molecule has 1 aromatic heterocycles. The van der Waals surface area contributed by atoms with E-state index >= 15 is 0 Å². The third kappa shape index (κ3) is 2.72. The number of ether oxygens (including phenoxy) is 1. The first-order chi connectivity index (χ1) is 7.31. The van der Waals surface area contributed by atoms with Crippen LogP contribution in [0, 0.1) is 5.92 Å². The Hall–Kier alpha value is -0.0900. The zero-order chi connectivity index (χ0) is 10.7. The van der Waals surface area contributed by atoms with Gasteiger partial charge in [0.1, 0.15) is 0 Å². The number of halogens is 1. The highest BCUT2D eigenvalue weighted by atomic mass is 35.5. The fourth-order valence-electron chi connectivity index (χ4n) is 1.97. The molecule has 1 fully saturated rings. The quantitative estimate of drug-likeness (QED) is 0.880. The topological polar surface area (TPSA) is 21.3 Å². The van der Waals surface area contributed by atoms with E-state index in [1.807, 2.05) is 6.07 Å². The first-order valence-electron chi connectivity index (χ1n) is 5.39. The summed E-state index contributed by atoms with van der Waals surface area (Å²) in [7, 11) is 0. The predicted octanol–water partition coefficient (Wildman–Crippen LogP) is 3.09. The normalized spacial score (nSPS) is 26.0. The molecule has 15 heavy (non-hydrogen) atoms. The summed E-state index contributed by atoms with van der Waals surface area (Å²) in [6, 6.07) is 4.04. The Morgan fingerprint density at radius 1 is 1.60 bits per heavy atom. The van der Waals surface area contributed by atoms with Crippen LogP contribution in [0.25, 0.3) is 0 Å². The lowest BCUT2D eigenvalue weighted by molar-refractivity contribution is 0.0935. The van der Waals surface area contributed by atoms with E-state index in [1.165, 1.54) is 4.88 Å². The third-order valence-electron chi connectivity index (χ3n) is 2.75. The fraction of sp³-hybridized carbons (Fsp3) is 0.636. The first-order valence-corrected chi connectivity index (χ1v) is 6.58. The molecule has 1 aromatic rings. The van der Waals surface area contributed by atoms with Crippen molar-refractivity contribution in [2.75, 3.05) is 19.7 Å². The first kappa shape index (κ1) is 11.4. The molecule has 0 aromatic carbocycles. The summed E-state index contributed by atoms with van der Waals surface area (Å²) in [6.07, 6.45) is 1.40. The Kier molecular flexibility index (Phi) is 4.03. The molecule has 0 bridgehead atoms. The highest BCUT2D eigenvalue weighted by Gasteiger charge is 2.30. The summed E-state index contributed by atoms with van der Waals surface area (Å²) in [5.74, 6) is 0.597. The maximum atomic E-state index is 5.94. The molecule has 2 heterocycles. The molecule has 0 amide bonds. The SMILES string of the molecule is CCNCC1CCOC1c1ccc(Cl)s1. The molecular weight excluding hydrogens is 230 g/mol. The van der Waals surface area contributed by atoms with Gasteiger partial charge in [0.2, 0.25) is 0 Å². The molecule has 0 aliphatic carbocycles. The molecule has 0 spiro atoms. The average Bonchev–Trinajstić information content (AvgIpc) is 2.82. The minimum absolute atomic E-state index is 0.251. The standard InChI is InChI=1S/C11H16ClNOS/c1-2-13-7-8-5-6-14-11(8)9-3-4-10(12)15-9/h3-4,8,11,13H,2,5-7H2,1H3. The van der Waals surface area contributed by atoms with E-state index in [9.17, 15) is 0 Å². The highest BCUT2D eigenvalue weighted by Crippen LogP contribution is 2.38. The molecule has 0 saturated carbocycles. The van der Waals surface area contributed by atoms with Crippen LogP contribution in [0.15, 0.2) is 12.1 Å². The number of thiophene rings is 1. The number of nitrogens with one attached hydrogen (secondary N) is 1. The molecular formula is C11H16ClNOS. The van der Waals surface area contributed by atoms with Gasteiger partial charge in [-0.15, -0.1) is 11.3 Å². The zero-order valence-corrected chi connectivity index (χ0v) is 10.4. The van der Waals surface area contributed by atoms with Crippen LogP contribution in [0.2, 0.25) is 4.34 Å². The van der Waals surface area contributed by atoms with Gasteiger partial charge in [0.25, 0.3) is 0 Å². The molecule has 2 rings (SSSR count). The summed E-state index contributed by atoms with van der Waals surface area (Å²) >= 11 is 7.57. The second kappa shape index (κ2) is 5.30. The second-order valence-electron chi connectivity index (χ2n) is 3.79. The summed E-state index contributed by atoms with van der Waals surface area (Å²) in [5.41, 5.74) is 0. The van der Waals surface area contributed by atoms with E-state index < -0.39 is 0 Å². The van der Waals surface area contributed by atoms with Crippen molar-refractivity contribution in [1.29, 1.82) is 0 Å². The molecule has 1 aliphatic heterocycles. The van der Waals surface area contributed by atoms with E-state index in [-0.39, 0.29) is 6.10 Å². The maximum Gasteiger partial charge on any atom is 0.0958 e. The van der Waals surface area contributed by atoms with Crippen LogP contribution in [0.1, 0.15) is 24.3 Å². The molecule has 2 atom stereocenters. The van der Waals surface area contributed by atoms with Crippen LogP contribution in [0.5, 0.6) is 0 Å². The van der Waals surface area contributed by atoms with Gasteiger partial charge in [-0.05, 0) is 25.1 Å². The second-order valence-corrected chi connectivity index (χ2v) is 5.54. The van der Waals surface area contributed by atoms with E-state index in [0.717, 1.165) is 30.5 Å². The van der Waals surface area contributed by atoms with Gasteiger partial charge in [0.05, 0.1) is 10.4 Å². The molecule has 1 aliphatic rings. The van der Waals surface area contributed by atoms with E-state index in [4.69, 9.17) is 16.3 Å². The van der Waals surface area contributed by atoms with Crippen molar-refractivity contribution in [3.8, 4) is 0 Å². The lowest BCUT2D eigenvalue weighted by atomic mass is 10.0. The van der Waals surface area contributed by atoms with Crippen LogP contribution in [0.4, 0.5) is 0 Å². The third-order valence-corrected chi connectivity index (χ3v) is 4.04. The summed E-state index contributed by atoms with van der Waals surface area (Å²) < 4.78 is 6.62. The maximum absolute atomic E-state index is 5.94. The Morgan fingerprint density at radius 3 is 3.13 bits per heavy atom. The Balaban J connectivity index is 2.01. The molecule has 1 saturated heterocycles. The average molecular weight is 246 g/mol. The van der Waals surface area contributed by atoms with Crippen molar-refractivity contribution in [1.82, 2.24) is 5.32 Å². The lowest BCUT2D eigenvalue weighted by Gasteiger charge is -2.17. The summed E-state index contributed by atoms with van der Waals surface area (Å²) in [5, 5.41) is 3.39. The predicted molar refractivity (Wildman–Crippen MR) is 64.7 cm³/mol. The van der Waals surface area contributed by atoms with Gasteiger partial charge in [-0.3, -0.25) is 0 Å². The Morgan fingerprint density at radius 2 is 2.47 bits per heavy atom. The molecule has 4 heteroatoms. The zero-order valence-electron chi connectivity index (χ0n) is 8.83. The largest absolute Gasteiger partial charge is 0.372 e. The van der Waals surface area contributed by atoms with Crippen LogP contribution in [0.3, 0.4) is 0 Å². The Labute approximate surface area is 99.6 Å². The smallest absolute Gasteiger partial charge is 0.0958 e. The number of hydrogen-bond donors (Lipinski definition) is 1. The Bertz CT molecular complexity index is 315. The van der Waals surface area contributed by atoms with Crippen molar-refractivity contribution in [2.45, 2.75) is 19.4 Å². The van der Waals surface area contributed by atoms with Crippen molar-refractivity contribution in [2.24, 2.45) is 5.92 Å². The van der Waals surface area contributed by atoms with Crippen LogP contribution in [-0.2, 0) is 4.74 Å². The van der Waals surface area contributed by atoms with Gasteiger partial charge in [-0.1, -0.05) is 18.5 Å². The molecule has 1 N–H and O–H groups in total. The van der Waals surface area contributed by atoms with Crippen molar-refractivity contribution in [3.05, 3.63) is 21.3 Å². The van der Waals surface area contributed by atoms with E-state index in [1.54, 1.807) is 11.3 Å². The van der Waals surface area contributed by atoms with Gasteiger partial charge < -0.3 is 10.1 Å².